The summed E-state index contributed by atoms with van der Waals surface area (Å²) in [6.07, 6.45) is 0.877. The number of phenolic OH excluding ortho intramolecular Hbond substituents is 1. The number of fused-ring (bicyclic) bond motifs is 2. The van der Waals surface area contributed by atoms with E-state index >= 15 is 0 Å². The van der Waals surface area contributed by atoms with Crippen LogP contribution in [0.4, 0.5) is 0 Å². The topological polar surface area (TPSA) is 62.5 Å². The van der Waals surface area contributed by atoms with Gasteiger partial charge in [0.05, 0.1) is 25.8 Å². The van der Waals surface area contributed by atoms with E-state index in [9.17, 15) is 14.7 Å². The van der Waals surface area contributed by atoms with Crippen LogP contribution in [0, 0.1) is 0 Å². The minimum Gasteiger partial charge on any atom is -0.506 e. The van der Waals surface area contributed by atoms with Gasteiger partial charge < -0.3 is 14.6 Å². The fraction of sp³-hybridized carbons (Fsp3) is 0.294. The predicted octanol–water partition coefficient (Wildman–Crippen LogP) is 2.84. The first-order chi connectivity index (χ1) is 11.4. The first kappa shape index (κ1) is 17.0. The number of rotatable bonds is 4. The zero-order valence-electron chi connectivity index (χ0n) is 13.4. The third kappa shape index (κ3) is 3.17. The Hall–Kier alpha value is -1.89. The number of nitrogens with zero attached hydrogens (tertiary/aromatic N) is 2. The van der Waals surface area contributed by atoms with Crippen molar-refractivity contribution < 1.29 is 5.11 Å². The van der Waals surface area contributed by atoms with Crippen LogP contribution in [0.15, 0.2) is 33.9 Å². The maximum atomic E-state index is 11.8. The molecule has 0 aromatic heterocycles. The van der Waals surface area contributed by atoms with Gasteiger partial charge in [0.2, 0.25) is 10.9 Å². The van der Waals surface area contributed by atoms with Crippen molar-refractivity contribution >= 4 is 33.2 Å². The summed E-state index contributed by atoms with van der Waals surface area (Å²) in [5.41, 5.74) is 0.529. The van der Waals surface area contributed by atoms with Crippen LogP contribution in [-0.4, -0.2) is 35.2 Å². The number of aryl methyl sites for hydroxylation is 1. The van der Waals surface area contributed by atoms with Crippen LogP contribution in [0.2, 0.25) is 5.02 Å². The fourth-order valence-corrected chi connectivity index (χ4v) is 3.96. The standard InChI is InChI=1S/C17H17ClN2O3S/c1-19(2)4-3-5-20-11-6-10(18)13(21)8-16(11)24-17-9-15(23)14(22)7-12(17)20/h6-9,21H,3-5H2,1-2H3. The zero-order chi connectivity index (χ0) is 17.4. The highest BCUT2D eigenvalue weighted by molar-refractivity contribution is 7.21. The van der Waals surface area contributed by atoms with Crippen molar-refractivity contribution in [1.82, 2.24) is 9.47 Å². The lowest BCUT2D eigenvalue weighted by Gasteiger charge is -2.19. The van der Waals surface area contributed by atoms with Crippen LogP contribution in [0.25, 0.3) is 20.8 Å². The molecule has 1 heterocycles. The summed E-state index contributed by atoms with van der Waals surface area (Å²) in [5.74, 6) is 0.00222. The van der Waals surface area contributed by atoms with Crippen LogP contribution < -0.4 is 10.9 Å². The van der Waals surface area contributed by atoms with E-state index in [-0.39, 0.29) is 10.8 Å². The van der Waals surface area contributed by atoms with Crippen molar-refractivity contribution in [3.63, 3.8) is 0 Å². The molecule has 0 fully saturated rings. The monoisotopic (exact) mass is 364 g/mol. The maximum absolute atomic E-state index is 11.8. The molecule has 3 rings (SSSR count). The van der Waals surface area contributed by atoms with Gasteiger partial charge in [0, 0.05) is 24.7 Å². The summed E-state index contributed by atoms with van der Waals surface area (Å²) in [4.78, 5) is 26.3. The summed E-state index contributed by atoms with van der Waals surface area (Å²) in [6, 6.07) is 6.06. The predicted molar refractivity (Wildman–Crippen MR) is 98.8 cm³/mol. The summed E-state index contributed by atoms with van der Waals surface area (Å²) in [6.45, 7) is 1.57. The molecule has 126 valence electrons. The lowest BCUT2D eigenvalue weighted by atomic mass is 10.2. The van der Waals surface area contributed by atoms with Crippen molar-refractivity contribution in [2.24, 2.45) is 0 Å². The molecule has 0 atom stereocenters. The molecule has 1 aliphatic heterocycles. The van der Waals surface area contributed by atoms with Gasteiger partial charge in [-0.05, 0) is 33.1 Å². The number of aromatic hydroxyl groups is 1. The molecule has 0 spiro atoms. The molecular weight excluding hydrogens is 348 g/mol. The second-order valence-electron chi connectivity index (χ2n) is 5.95. The Bertz CT molecular complexity index is 994. The van der Waals surface area contributed by atoms with Crippen molar-refractivity contribution in [2.45, 2.75) is 13.0 Å². The highest BCUT2D eigenvalue weighted by Gasteiger charge is 2.16. The molecule has 0 unspecified atom stereocenters. The Morgan fingerprint density at radius 3 is 2.58 bits per heavy atom. The second-order valence-corrected chi connectivity index (χ2v) is 7.44. The fourth-order valence-electron chi connectivity index (χ4n) is 2.68. The van der Waals surface area contributed by atoms with Crippen molar-refractivity contribution in [3.05, 3.63) is 49.7 Å². The molecule has 1 aromatic carbocycles. The van der Waals surface area contributed by atoms with Crippen LogP contribution >= 0.6 is 22.9 Å². The van der Waals surface area contributed by atoms with Crippen LogP contribution in [-0.2, 0) is 6.54 Å². The molecule has 1 aliphatic carbocycles. The van der Waals surface area contributed by atoms with E-state index in [2.05, 4.69) is 4.90 Å². The number of phenols is 1. The highest BCUT2D eigenvalue weighted by atomic mass is 35.5. The van der Waals surface area contributed by atoms with Crippen LogP contribution in [0.1, 0.15) is 6.42 Å². The van der Waals surface area contributed by atoms with E-state index < -0.39 is 10.9 Å². The largest absolute Gasteiger partial charge is 0.506 e. The second kappa shape index (κ2) is 6.55. The van der Waals surface area contributed by atoms with Gasteiger partial charge in [-0.3, -0.25) is 9.59 Å². The molecular formula is C17H17ClN2O3S. The Labute approximate surface area is 147 Å². The van der Waals surface area contributed by atoms with E-state index in [1.165, 1.54) is 23.5 Å². The molecule has 0 saturated carbocycles. The summed E-state index contributed by atoms with van der Waals surface area (Å²) < 4.78 is 2.81. The van der Waals surface area contributed by atoms with Crippen molar-refractivity contribution in [1.29, 1.82) is 0 Å². The average molecular weight is 365 g/mol. The number of aromatic nitrogens is 1. The lowest BCUT2D eigenvalue weighted by Crippen LogP contribution is -2.24. The minimum atomic E-state index is -0.517. The van der Waals surface area contributed by atoms with Gasteiger partial charge in [0.1, 0.15) is 5.75 Å². The van der Waals surface area contributed by atoms with Gasteiger partial charge >= 0.3 is 0 Å². The number of halogens is 1. The van der Waals surface area contributed by atoms with E-state index in [1.54, 1.807) is 12.1 Å². The van der Waals surface area contributed by atoms with Gasteiger partial charge in [0.15, 0.2) is 0 Å². The molecule has 1 N–H and O–H groups in total. The van der Waals surface area contributed by atoms with Crippen LogP contribution in [0.5, 0.6) is 5.75 Å². The van der Waals surface area contributed by atoms with Gasteiger partial charge in [-0.2, -0.15) is 0 Å². The molecule has 24 heavy (non-hydrogen) atoms. The third-order valence-electron chi connectivity index (χ3n) is 3.84. The van der Waals surface area contributed by atoms with Crippen molar-refractivity contribution in [3.8, 4) is 16.3 Å². The Kier molecular flexibility index (Phi) is 4.62. The van der Waals surface area contributed by atoms with Gasteiger partial charge in [-0.25, -0.2) is 0 Å². The Balaban J connectivity index is 2.28. The van der Waals surface area contributed by atoms with E-state index in [0.29, 0.717) is 6.54 Å². The molecule has 0 amide bonds. The Morgan fingerprint density at radius 2 is 1.88 bits per heavy atom. The SMILES string of the molecule is CN(C)CCCn1c2cc(=O)c(=O)cc-2sc2cc(O)c(Cl)cc21. The van der Waals surface area contributed by atoms with Crippen LogP contribution in [0.3, 0.4) is 0 Å². The summed E-state index contributed by atoms with van der Waals surface area (Å²) >= 11 is 7.44. The van der Waals surface area contributed by atoms with Gasteiger partial charge in [-0.1, -0.05) is 11.6 Å². The highest BCUT2D eigenvalue weighted by Crippen LogP contribution is 2.37. The zero-order valence-corrected chi connectivity index (χ0v) is 14.9. The average Bonchev–Trinajstić information content (AvgIpc) is 2.50. The molecule has 0 radical (unpaired) electrons. The maximum Gasteiger partial charge on any atom is 0.227 e. The number of hydrogen-bond acceptors (Lipinski definition) is 5. The van der Waals surface area contributed by atoms with E-state index in [4.69, 9.17) is 11.6 Å². The smallest absolute Gasteiger partial charge is 0.227 e. The quantitative estimate of drug-likeness (QED) is 0.571. The van der Waals surface area contributed by atoms with E-state index in [1.807, 2.05) is 18.7 Å². The summed E-state index contributed by atoms with van der Waals surface area (Å²) in [7, 11) is 4.00. The molecule has 7 heteroatoms. The minimum absolute atomic E-state index is 0.00222. The first-order valence-electron chi connectivity index (χ1n) is 7.51. The van der Waals surface area contributed by atoms with Crippen molar-refractivity contribution in [2.75, 3.05) is 20.6 Å². The van der Waals surface area contributed by atoms with Gasteiger partial charge in [-0.15, -0.1) is 11.3 Å². The molecule has 2 aliphatic rings. The number of benzene rings is 2. The normalized spacial score (nSPS) is 11.7. The number of hydrogen-bond donors (Lipinski definition) is 1. The summed E-state index contributed by atoms with van der Waals surface area (Å²) in [5, 5.41) is 10.1. The first-order valence-corrected chi connectivity index (χ1v) is 8.71. The lowest BCUT2D eigenvalue weighted by molar-refractivity contribution is 0.388. The molecule has 5 nitrogen and oxygen atoms in total. The molecule has 0 bridgehead atoms. The Morgan fingerprint density at radius 1 is 1.17 bits per heavy atom. The molecule has 0 saturated heterocycles. The molecule has 1 aromatic rings. The van der Waals surface area contributed by atoms with E-state index in [0.717, 1.165) is 33.8 Å². The van der Waals surface area contributed by atoms with Gasteiger partial charge in [0.25, 0.3) is 0 Å². The third-order valence-corrected chi connectivity index (χ3v) is 5.24.